The van der Waals surface area contributed by atoms with Gasteiger partial charge in [-0.1, -0.05) is 27.5 Å². The molecule has 0 fully saturated rings. The summed E-state index contributed by atoms with van der Waals surface area (Å²) in [6, 6.07) is 6.74. The molecular weight excluding hydrogens is 353 g/mol. The lowest BCUT2D eigenvalue weighted by Gasteiger charge is -2.10. The first-order chi connectivity index (χ1) is 9.36. The van der Waals surface area contributed by atoms with Crippen molar-refractivity contribution in [1.29, 1.82) is 0 Å². The Labute approximate surface area is 127 Å². The fourth-order valence-corrected chi connectivity index (χ4v) is 2.28. The fraction of sp³-hybridized carbons (Fsp3) is 0.0769. The monoisotopic (exact) mass is 359 g/mol. The lowest BCUT2D eigenvalue weighted by Crippen LogP contribution is -1.94. The van der Waals surface area contributed by atoms with Crippen LogP contribution in [0.4, 0.5) is 10.1 Å². The van der Waals surface area contributed by atoms with E-state index in [0.29, 0.717) is 15.8 Å². The molecule has 0 atom stereocenters. The minimum atomic E-state index is -0.572. The molecule has 2 aromatic rings. The van der Waals surface area contributed by atoms with Gasteiger partial charge in [0.1, 0.15) is 22.3 Å². The standard InChI is InChI=1S/C13H8BrClFNO3/c1-7-2-12(17(18)19)11(15)6-13(7)20-10-4-8(14)3-9(16)5-10/h2-6H,1H3. The summed E-state index contributed by atoms with van der Waals surface area (Å²) in [5.41, 5.74) is 0.332. The first-order valence-electron chi connectivity index (χ1n) is 5.45. The molecule has 0 amide bonds. The second-order valence-electron chi connectivity index (χ2n) is 4.03. The molecule has 0 N–H and O–H groups in total. The van der Waals surface area contributed by atoms with Crippen molar-refractivity contribution < 1.29 is 14.1 Å². The molecule has 0 radical (unpaired) electrons. The van der Waals surface area contributed by atoms with Crippen molar-refractivity contribution in [3.05, 3.63) is 61.3 Å². The number of rotatable bonds is 3. The molecule has 0 bridgehead atoms. The van der Waals surface area contributed by atoms with E-state index in [1.54, 1.807) is 13.0 Å². The maximum Gasteiger partial charge on any atom is 0.288 e. The summed E-state index contributed by atoms with van der Waals surface area (Å²) in [5, 5.41) is 10.7. The molecule has 4 nitrogen and oxygen atoms in total. The summed E-state index contributed by atoms with van der Waals surface area (Å²) < 4.78 is 19.3. The van der Waals surface area contributed by atoms with Crippen molar-refractivity contribution in [1.82, 2.24) is 0 Å². The quantitative estimate of drug-likeness (QED) is 0.555. The SMILES string of the molecule is Cc1cc([N+](=O)[O-])c(Cl)cc1Oc1cc(F)cc(Br)c1. The zero-order valence-electron chi connectivity index (χ0n) is 10.2. The van der Waals surface area contributed by atoms with E-state index in [1.807, 2.05) is 0 Å². The third kappa shape index (κ3) is 3.26. The summed E-state index contributed by atoms with van der Waals surface area (Å²) in [6.45, 7) is 1.65. The van der Waals surface area contributed by atoms with Crippen molar-refractivity contribution in [3.63, 3.8) is 0 Å². The first kappa shape index (κ1) is 14.7. The van der Waals surface area contributed by atoms with Gasteiger partial charge in [-0.3, -0.25) is 10.1 Å². The van der Waals surface area contributed by atoms with Crippen LogP contribution in [0.15, 0.2) is 34.8 Å². The topological polar surface area (TPSA) is 52.4 Å². The van der Waals surface area contributed by atoms with Crippen molar-refractivity contribution >= 4 is 33.2 Å². The fourth-order valence-electron chi connectivity index (χ4n) is 1.61. The summed E-state index contributed by atoms with van der Waals surface area (Å²) in [6.07, 6.45) is 0. The van der Waals surface area contributed by atoms with Gasteiger partial charge in [0.2, 0.25) is 0 Å². The van der Waals surface area contributed by atoms with E-state index < -0.39 is 10.7 Å². The molecule has 2 rings (SSSR count). The van der Waals surface area contributed by atoms with E-state index in [1.165, 1.54) is 24.3 Å². The predicted molar refractivity (Wildman–Crippen MR) is 77.0 cm³/mol. The van der Waals surface area contributed by atoms with Crippen LogP contribution in [0.25, 0.3) is 0 Å². The van der Waals surface area contributed by atoms with E-state index >= 15 is 0 Å². The van der Waals surface area contributed by atoms with Crippen LogP contribution in [-0.2, 0) is 0 Å². The van der Waals surface area contributed by atoms with Gasteiger partial charge in [-0.25, -0.2) is 4.39 Å². The molecule has 0 aromatic heterocycles. The van der Waals surface area contributed by atoms with Gasteiger partial charge in [-0.15, -0.1) is 0 Å². The number of ether oxygens (including phenoxy) is 1. The second kappa shape index (κ2) is 5.76. The third-order valence-corrected chi connectivity index (χ3v) is 3.27. The molecule has 0 heterocycles. The van der Waals surface area contributed by atoms with Crippen molar-refractivity contribution in [2.24, 2.45) is 0 Å². The smallest absolute Gasteiger partial charge is 0.288 e. The number of nitro groups is 1. The number of hydrogen-bond acceptors (Lipinski definition) is 3. The van der Waals surface area contributed by atoms with Crippen molar-refractivity contribution in [3.8, 4) is 11.5 Å². The average Bonchev–Trinajstić information content (AvgIpc) is 2.31. The van der Waals surface area contributed by atoms with E-state index in [9.17, 15) is 14.5 Å². The van der Waals surface area contributed by atoms with Crippen LogP contribution >= 0.6 is 27.5 Å². The number of aryl methyl sites for hydroxylation is 1. The lowest BCUT2D eigenvalue weighted by atomic mass is 10.2. The second-order valence-corrected chi connectivity index (χ2v) is 5.36. The highest BCUT2D eigenvalue weighted by Gasteiger charge is 2.16. The molecule has 0 saturated carbocycles. The normalized spacial score (nSPS) is 10.4. The predicted octanol–water partition coefficient (Wildman–Crippen LogP) is 5.25. The Kier molecular flexibility index (Phi) is 4.25. The van der Waals surface area contributed by atoms with Gasteiger partial charge in [-0.2, -0.15) is 0 Å². The zero-order chi connectivity index (χ0) is 14.9. The highest BCUT2D eigenvalue weighted by Crippen LogP contribution is 2.35. The van der Waals surface area contributed by atoms with Crippen LogP contribution in [-0.4, -0.2) is 4.92 Å². The Morgan fingerprint density at radius 1 is 1.30 bits per heavy atom. The summed E-state index contributed by atoms with van der Waals surface area (Å²) in [4.78, 5) is 10.2. The van der Waals surface area contributed by atoms with Crippen LogP contribution in [0.2, 0.25) is 5.02 Å². The molecule has 20 heavy (non-hydrogen) atoms. The highest BCUT2D eigenvalue weighted by molar-refractivity contribution is 9.10. The van der Waals surface area contributed by atoms with Gasteiger partial charge in [0.25, 0.3) is 5.69 Å². The number of halogens is 3. The van der Waals surface area contributed by atoms with E-state index in [4.69, 9.17) is 16.3 Å². The Morgan fingerprint density at radius 2 is 2.00 bits per heavy atom. The van der Waals surface area contributed by atoms with E-state index in [-0.39, 0.29) is 16.5 Å². The molecular formula is C13H8BrClFNO3. The molecule has 0 aliphatic heterocycles. The minimum absolute atomic E-state index is 0.0360. The number of nitrogens with zero attached hydrogens (tertiary/aromatic N) is 1. The summed E-state index contributed by atoms with van der Waals surface area (Å²) in [7, 11) is 0. The molecule has 0 unspecified atom stereocenters. The summed E-state index contributed by atoms with van der Waals surface area (Å²) >= 11 is 8.97. The number of hydrogen-bond donors (Lipinski definition) is 0. The van der Waals surface area contributed by atoms with Crippen LogP contribution in [0.5, 0.6) is 11.5 Å². The molecule has 0 aliphatic rings. The maximum atomic E-state index is 13.3. The van der Waals surface area contributed by atoms with Gasteiger partial charge in [0.15, 0.2) is 0 Å². The van der Waals surface area contributed by atoms with Gasteiger partial charge >= 0.3 is 0 Å². The highest BCUT2D eigenvalue weighted by atomic mass is 79.9. The van der Waals surface area contributed by atoms with E-state index in [2.05, 4.69) is 15.9 Å². The van der Waals surface area contributed by atoms with Crippen LogP contribution in [0.1, 0.15) is 5.56 Å². The van der Waals surface area contributed by atoms with Gasteiger partial charge in [0, 0.05) is 22.7 Å². The Balaban J connectivity index is 2.39. The van der Waals surface area contributed by atoms with Gasteiger partial charge in [-0.05, 0) is 24.6 Å². The molecule has 7 heteroatoms. The van der Waals surface area contributed by atoms with Crippen molar-refractivity contribution in [2.45, 2.75) is 6.92 Å². The largest absolute Gasteiger partial charge is 0.457 e. The van der Waals surface area contributed by atoms with E-state index in [0.717, 1.165) is 0 Å². The zero-order valence-corrected chi connectivity index (χ0v) is 12.5. The minimum Gasteiger partial charge on any atom is -0.457 e. The lowest BCUT2D eigenvalue weighted by molar-refractivity contribution is -0.384. The van der Waals surface area contributed by atoms with Crippen molar-refractivity contribution in [2.75, 3.05) is 0 Å². The number of nitro benzene ring substituents is 1. The van der Waals surface area contributed by atoms with Crippen LogP contribution in [0.3, 0.4) is 0 Å². The molecule has 104 valence electrons. The Hall–Kier alpha value is -1.66. The third-order valence-electron chi connectivity index (χ3n) is 2.50. The van der Waals surface area contributed by atoms with Crippen LogP contribution in [0, 0.1) is 22.9 Å². The van der Waals surface area contributed by atoms with Gasteiger partial charge in [0.05, 0.1) is 4.92 Å². The van der Waals surface area contributed by atoms with Gasteiger partial charge < -0.3 is 4.74 Å². The molecule has 0 saturated heterocycles. The first-order valence-corrected chi connectivity index (χ1v) is 6.62. The average molecular weight is 361 g/mol. The maximum absolute atomic E-state index is 13.3. The summed E-state index contributed by atoms with van der Waals surface area (Å²) in [5.74, 6) is 0.142. The van der Waals surface area contributed by atoms with Crippen LogP contribution < -0.4 is 4.74 Å². The molecule has 0 aliphatic carbocycles. The Morgan fingerprint density at radius 3 is 2.60 bits per heavy atom. The number of benzene rings is 2. The Bertz CT molecular complexity index is 673. The molecule has 0 spiro atoms. The molecule has 2 aromatic carbocycles.